The summed E-state index contributed by atoms with van der Waals surface area (Å²) in [7, 11) is 0. The van der Waals surface area contributed by atoms with Gasteiger partial charge in [-0.05, 0) is 0 Å². The first kappa shape index (κ1) is 12.4. The van der Waals surface area contributed by atoms with Crippen molar-refractivity contribution in [3.63, 3.8) is 0 Å². The summed E-state index contributed by atoms with van der Waals surface area (Å²) in [5.41, 5.74) is 0. The molecule has 0 aliphatic rings. The highest BCUT2D eigenvalue weighted by Crippen LogP contribution is 1.96. The Bertz CT molecular complexity index is 129. The van der Waals surface area contributed by atoms with Crippen LogP contribution in [0.1, 0.15) is 12.8 Å². The zero-order valence-electron chi connectivity index (χ0n) is 7.85. The molecule has 0 saturated carbocycles. The highest BCUT2D eigenvalue weighted by atomic mass is 16.5. The lowest BCUT2D eigenvalue weighted by atomic mass is 10.2. The smallest absolute Gasteiger partial charge is 0.0740 e. The van der Waals surface area contributed by atoms with Crippen molar-refractivity contribution in [3.8, 4) is 0 Å². The monoisotopic (exact) mass is 186 g/mol. The first-order valence-corrected chi connectivity index (χ1v) is 4.39. The first-order valence-electron chi connectivity index (χ1n) is 4.39. The minimum Gasteiger partial charge on any atom is -0.389 e. The highest BCUT2D eigenvalue weighted by molar-refractivity contribution is 4.78. The lowest BCUT2D eigenvalue weighted by Crippen LogP contribution is -2.10. The molecule has 0 bridgehead atoms. The van der Waals surface area contributed by atoms with Crippen LogP contribution in [-0.4, -0.2) is 35.6 Å². The predicted octanol–water partition coefficient (Wildman–Crippen LogP) is 0.877. The Labute approximate surface area is 79.3 Å². The number of aliphatic hydroxyl groups excluding tert-OH is 2. The Kier molecular flexibility index (Phi) is 7.59. The van der Waals surface area contributed by atoms with Crippen LogP contribution < -0.4 is 0 Å². The van der Waals surface area contributed by atoms with E-state index in [1.54, 1.807) is 0 Å². The fraction of sp³-hybridized carbons (Fsp3) is 0.600. The van der Waals surface area contributed by atoms with Gasteiger partial charge in [0.25, 0.3) is 0 Å². The van der Waals surface area contributed by atoms with Gasteiger partial charge in [0.05, 0.1) is 12.2 Å². The molecule has 3 nitrogen and oxygen atoms in total. The van der Waals surface area contributed by atoms with Crippen LogP contribution in [0.15, 0.2) is 25.3 Å². The molecule has 2 N–H and O–H groups in total. The van der Waals surface area contributed by atoms with Gasteiger partial charge in [-0.2, -0.15) is 0 Å². The van der Waals surface area contributed by atoms with E-state index in [1.807, 2.05) is 0 Å². The quantitative estimate of drug-likeness (QED) is 0.437. The maximum Gasteiger partial charge on any atom is 0.0740 e. The third kappa shape index (κ3) is 7.71. The normalized spacial score (nSPS) is 14.9. The van der Waals surface area contributed by atoms with Crippen LogP contribution in [0.2, 0.25) is 0 Å². The average molecular weight is 186 g/mol. The van der Waals surface area contributed by atoms with E-state index >= 15 is 0 Å². The van der Waals surface area contributed by atoms with Crippen LogP contribution in [0.5, 0.6) is 0 Å². The van der Waals surface area contributed by atoms with Crippen LogP contribution in [-0.2, 0) is 4.74 Å². The van der Waals surface area contributed by atoms with Crippen molar-refractivity contribution < 1.29 is 14.9 Å². The molecule has 0 fully saturated rings. The van der Waals surface area contributed by atoms with E-state index in [2.05, 4.69) is 13.2 Å². The van der Waals surface area contributed by atoms with Crippen molar-refractivity contribution in [1.29, 1.82) is 0 Å². The molecule has 0 spiro atoms. The summed E-state index contributed by atoms with van der Waals surface area (Å²) in [4.78, 5) is 0. The second-order valence-electron chi connectivity index (χ2n) is 2.80. The molecule has 2 unspecified atom stereocenters. The maximum atomic E-state index is 9.05. The molecule has 0 aromatic rings. The van der Waals surface area contributed by atoms with Gasteiger partial charge in [0.15, 0.2) is 0 Å². The molecule has 13 heavy (non-hydrogen) atoms. The van der Waals surface area contributed by atoms with E-state index < -0.39 is 12.2 Å². The van der Waals surface area contributed by atoms with Crippen LogP contribution in [0.25, 0.3) is 0 Å². The standard InChI is InChI=1S/C10H18O3/c1-3-9(11)5-7-13-8-6-10(12)4-2/h3-4,9-12H,1-2,5-8H2. The van der Waals surface area contributed by atoms with Crippen LogP contribution in [0.3, 0.4) is 0 Å². The number of ether oxygens (including phenoxy) is 1. The van der Waals surface area contributed by atoms with Gasteiger partial charge in [0.2, 0.25) is 0 Å². The summed E-state index contributed by atoms with van der Waals surface area (Å²) in [5.74, 6) is 0. The summed E-state index contributed by atoms with van der Waals surface area (Å²) in [6.07, 6.45) is 3.05. The van der Waals surface area contributed by atoms with E-state index in [-0.39, 0.29) is 0 Å². The number of hydrogen-bond acceptors (Lipinski definition) is 3. The van der Waals surface area contributed by atoms with Crippen molar-refractivity contribution >= 4 is 0 Å². The molecule has 0 rings (SSSR count). The second kappa shape index (κ2) is 7.98. The summed E-state index contributed by atoms with van der Waals surface area (Å²) >= 11 is 0. The lowest BCUT2D eigenvalue weighted by molar-refractivity contribution is 0.0773. The Morgan fingerprint density at radius 3 is 1.69 bits per heavy atom. The molecule has 3 heteroatoms. The molecular weight excluding hydrogens is 168 g/mol. The maximum absolute atomic E-state index is 9.05. The lowest BCUT2D eigenvalue weighted by Gasteiger charge is -2.07. The van der Waals surface area contributed by atoms with E-state index in [4.69, 9.17) is 14.9 Å². The Balaban J connectivity index is 3.16. The van der Waals surface area contributed by atoms with Gasteiger partial charge in [-0.15, -0.1) is 13.2 Å². The summed E-state index contributed by atoms with van der Waals surface area (Å²) < 4.78 is 5.16. The van der Waals surface area contributed by atoms with Gasteiger partial charge in [0.1, 0.15) is 0 Å². The largest absolute Gasteiger partial charge is 0.389 e. The molecule has 0 aliphatic carbocycles. The SMILES string of the molecule is C=CC(O)CCOCCC(O)C=C. The van der Waals surface area contributed by atoms with Crippen molar-refractivity contribution in [2.45, 2.75) is 25.0 Å². The summed E-state index contributed by atoms with van der Waals surface area (Å²) in [6, 6.07) is 0. The summed E-state index contributed by atoms with van der Waals surface area (Å²) in [5, 5.41) is 18.1. The van der Waals surface area contributed by atoms with Crippen LogP contribution in [0, 0.1) is 0 Å². The molecule has 2 atom stereocenters. The van der Waals surface area contributed by atoms with Crippen LogP contribution in [0.4, 0.5) is 0 Å². The first-order chi connectivity index (χ1) is 6.20. The predicted molar refractivity (Wildman–Crippen MR) is 52.5 cm³/mol. The minimum absolute atomic E-state index is 0.483. The van der Waals surface area contributed by atoms with Gasteiger partial charge in [-0.1, -0.05) is 12.2 Å². The van der Waals surface area contributed by atoms with Crippen molar-refractivity contribution in [2.24, 2.45) is 0 Å². The number of aliphatic hydroxyl groups is 2. The third-order valence-electron chi connectivity index (χ3n) is 1.66. The highest BCUT2D eigenvalue weighted by Gasteiger charge is 1.99. The minimum atomic E-state index is -0.496. The van der Waals surface area contributed by atoms with E-state index in [0.717, 1.165) is 0 Å². The van der Waals surface area contributed by atoms with E-state index in [0.29, 0.717) is 26.1 Å². The molecular formula is C10H18O3. The molecule has 0 radical (unpaired) electrons. The number of hydrogen-bond donors (Lipinski definition) is 2. The zero-order valence-corrected chi connectivity index (χ0v) is 7.85. The molecule has 0 aromatic heterocycles. The van der Waals surface area contributed by atoms with Crippen molar-refractivity contribution in [3.05, 3.63) is 25.3 Å². The van der Waals surface area contributed by atoms with E-state index in [9.17, 15) is 0 Å². The fourth-order valence-electron chi connectivity index (χ4n) is 0.746. The van der Waals surface area contributed by atoms with Gasteiger partial charge in [-0.25, -0.2) is 0 Å². The van der Waals surface area contributed by atoms with E-state index in [1.165, 1.54) is 12.2 Å². The van der Waals surface area contributed by atoms with Crippen molar-refractivity contribution in [1.82, 2.24) is 0 Å². The molecule has 0 saturated heterocycles. The Morgan fingerprint density at radius 2 is 1.38 bits per heavy atom. The molecule has 0 heterocycles. The van der Waals surface area contributed by atoms with Gasteiger partial charge >= 0.3 is 0 Å². The van der Waals surface area contributed by atoms with Crippen LogP contribution >= 0.6 is 0 Å². The fourth-order valence-corrected chi connectivity index (χ4v) is 0.746. The van der Waals surface area contributed by atoms with Gasteiger partial charge < -0.3 is 14.9 Å². The molecule has 76 valence electrons. The number of rotatable bonds is 8. The third-order valence-corrected chi connectivity index (χ3v) is 1.66. The summed E-state index contributed by atoms with van der Waals surface area (Å²) in [6.45, 7) is 7.85. The van der Waals surface area contributed by atoms with Gasteiger partial charge in [-0.3, -0.25) is 0 Å². The van der Waals surface area contributed by atoms with Gasteiger partial charge in [0, 0.05) is 26.1 Å². The zero-order chi connectivity index (χ0) is 10.1. The molecule has 0 amide bonds. The van der Waals surface area contributed by atoms with Crippen molar-refractivity contribution in [2.75, 3.05) is 13.2 Å². The average Bonchev–Trinajstić information content (AvgIpc) is 2.16. The molecule has 0 aliphatic heterocycles. The molecule has 0 aromatic carbocycles. The second-order valence-corrected chi connectivity index (χ2v) is 2.80. The topological polar surface area (TPSA) is 49.7 Å². The Morgan fingerprint density at radius 1 is 1.00 bits per heavy atom. The Hall–Kier alpha value is -0.640.